The molecule has 0 saturated carbocycles. The number of halogens is 8. The first-order valence-corrected chi connectivity index (χ1v) is 52.4. The van der Waals surface area contributed by atoms with E-state index in [4.69, 9.17) is 112 Å². The van der Waals surface area contributed by atoms with Gasteiger partial charge in [0.2, 0.25) is 0 Å². The van der Waals surface area contributed by atoms with Crippen LogP contribution < -0.4 is 24.3 Å². The third-order valence-electron chi connectivity index (χ3n) is 26.5. The minimum absolute atomic E-state index is 0.329. The summed E-state index contributed by atoms with van der Waals surface area (Å²) in [6, 6.07) is 68.5. The van der Waals surface area contributed by atoms with Gasteiger partial charge in [0.05, 0.1) is 85.0 Å². The standard InChI is InChI=1S/C30H32Cl2N4O.2C29H30Cl2N4O.C29H24Cl2N4O/c1-3-21-5-4-14-36(18-21)19-23-8-6-22(7-9-23)10-12-28-25-15-24(11-13-29(25)35-34-28)37-20(2)30-26(31)16-33-17-27(30)32;1-19-4-3-13-35(17-19)18-22-7-5-21(6-8-22)9-11-27-24-14-23(10-12-28(24)34-33-27)36-20(2)29-25(30)15-32-16-26(29)31;1-20(29-25(30)17-32-18-26(29)31)36-23-11-13-28-24(16-23)27(33-34-28)12-10-21-6-8-22(9-7-21)19-35-14-4-2-3-5-15-35;1-19(29-25(30)17-32-18-26(29)31)36-23-12-14-28-24(15-23)27(34-35-28)13-11-20-7-9-21(10-8-20)16-33-22-5-3-2-4-6-22/h6-13,15-17,20-21H,3-5,14,18-19H2,1-2H3,(H,34,35);5-12,14-16,19-20H,3-4,13,17-18H2,1-2H3,(H,33,34);6-13,16-18,20H,2-5,14-15,19H2,1H3,(H,33,34);2-15,17-19,33H,16H2,1H3,(H,34,35)/b12-10+;11-9+;12-10+;13-11+. The molecule has 3 aliphatic rings. The van der Waals surface area contributed by atoms with Crippen molar-refractivity contribution in [1.29, 1.82) is 0 Å². The molecular formula is C117H116Cl8N16O4. The number of para-hydroxylation sites is 1. The normalized spacial score (nSPS) is 15.8. The van der Waals surface area contributed by atoms with Crippen LogP contribution in [0.15, 0.2) is 250 Å². The van der Waals surface area contributed by atoms with E-state index < -0.39 is 0 Å². The molecule has 17 aromatic rings. The molecule has 6 atom stereocenters. The van der Waals surface area contributed by atoms with Crippen LogP contribution in [-0.4, -0.2) is 115 Å². The Labute approximate surface area is 886 Å². The molecule has 0 radical (unpaired) electrons. The van der Waals surface area contributed by atoms with Crippen LogP contribution in [0.5, 0.6) is 23.0 Å². The number of hydrogen-bond donors (Lipinski definition) is 5. The van der Waals surface area contributed by atoms with Gasteiger partial charge in [-0.2, -0.15) is 20.4 Å². The van der Waals surface area contributed by atoms with Gasteiger partial charge in [-0.3, -0.25) is 55.0 Å². The quantitative estimate of drug-likeness (QED) is 0.0282. The summed E-state index contributed by atoms with van der Waals surface area (Å²) in [4.78, 5) is 23.8. The molecule has 6 unspecified atom stereocenters. The molecule has 145 heavy (non-hydrogen) atoms. The van der Waals surface area contributed by atoms with Gasteiger partial charge in [0.1, 0.15) is 47.4 Å². The number of anilines is 1. The lowest BCUT2D eigenvalue weighted by Gasteiger charge is -2.32. The van der Waals surface area contributed by atoms with Gasteiger partial charge >= 0.3 is 0 Å². The largest absolute Gasteiger partial charge is 0.486 e. The van der Waals surface area contributed by atoms with E-state index in [1.54, 1.807) is 49.6 Å². The Bertz CT molecular complexity index is 7040. The SMILES string of the molecule is CC(Oc1ccc2[nH]nc(/C=C/c3ccc(CN4CCCCCC4)cc3)c2c1)c1c(Cl)cncc1Cl.CC(Oc1ccc2[nH]nc(/C=C/c3ccc(CNc4ccccc4)cc3)c2c1)c1c(Cl)cncc1Cl.CC1CCCN(Cc2ccc(/C=C/c3n[nH]c4ccc(OC(C)c5c(Cl)cncc5Cl)cc34)cc2)C1.CCC1CCCN(Cc2ccc(/C=C/c3n[nH]c4ccc(OC(C)c5c(Cl)cncc5Cl)cc34)cc2)C1. The van der Waals surface area contributed by atoms with E-state index in [-0.39, 0.29) is 24.4 Å². The van der Waals surface area contributed by atoms with Gasteiger partial charge in [-0.15, -0.1) is 0 Å². The summed E-state index contributed by atoms with van der Waals surface area (Å²) >= 11 is 50.4. The first-order chi connectivity index (χ1) is 70.6. The van der Waals surface area contributed by atoms with Gasteiger partial charge in [-0.05, 0) is 258 Å². The minimum atomic E-state index is -0.341. The van der Waals surface area contributed by atoms with Crippen molar-refractivity contribution in [2.45, 2.75) is 150 Å². The number of benzene rings is 9. The number of ether oxygens (including phenoxy) is 4. The second kappa shape index (κ2) is 50.6. The van der Waals surface area contributed by atoms with E-state index in [2.05, 4.69) is 228 Å². The Kier molecular flexibility index (Phi) is 36.3. The molecule has 3 saturated heterocycles. The maximum atomic E-state index is 6.31. The summed E-state index contributed by atoms with van der Waals surface area (Å²) in [6.45, 7) is 23.4. The van der Waals surface area contributed by atoms with Gasteiger partial charge in [-0.25, -0.2) is 0 Å². The van der Waals surface area contributed by atoms with Crippen molar-refractivity contribution in [3.63, 3.8) is 0 Å². The van der Waals surface area contributed by atoms with E-state index in [0.29, 0.717) is 68.7 Å². The van der Waals surface area contributed by atoms with Crippen LogP contribution in [0, 0.1) is 11.8 Å². The summed E-state index contributed by atoms with van der Waals surface area (Å²) < 4.78 is 24.7. The molecule has 20 rings (SSSR count). The van der Waals surface area contributed by atoms with Crippen molar-refractivity contribution < 1.29 is 18.9 Å². The first kappa shape index (κ1) is 104. The Morgan fingerprint density at radius 1 is 0.331 bits per heavy atom. The Morgan fingerprint density at radius 3 is 0.931 bits per heavy atom. The number of nitrogens with one attached hydrogen (secondary N) is 5. The molecule has 9 aromatic carbocycles. The molecule has 5 N–H and O–H groups in total. The Balaban J connectivity index is 0.000000132. The molecule has 0 aliphatic carbocycles. The zero-order valence-electron chi connectivity index (χ0n) is 81.8. The van der Waals surface area contributed by atoms with Gasteiger partial charge < -0.3 is 24.3 Å². The number of likely N-dealkylation sites (tertiary alicyclic amines) is 3. The summed E-state index contributed by atoms with van der Waals surface area (Å²) in [5.41, 5.74) is 21.0. The second-order valence-electron chi connectivity index (χ2n) is 37.2. The van der Waals surface area contributed by atoms with Crippen LogP contribution in [0.25, 0.3) is 92.2 Å². The fraction of sp³-hybridized carbons (Fsp3) is 0.265. The van der Waals surface area contributed by atoms with Gasteiger partial charge in [-0.1, -0.05) is 265 Å². The number of fused-ring (bicyclic) bond motifs is 4. The lowest BCUT2D eigenvalue weighted by Crippen LogP contribution is -2.34. The van der Waals surface area contributed by atoms with Crippen molar-refractivity contribution in [2.75, 3.05) is 44.6 Å². The molecule has 0 spiro atoms. The average molecular weight is 2090 g/mol. The van der Waals surface area contributed by atoms with Gasteiger partial charge in [0, 0.05) is 138 Å². The molecule has 8 aromatic heterocycles. The van der Waals surface area contributed by atoms with Crippen molar-refractivity contribution in [3.8, 4) is 23.0 Å². The van der Waals surface area contributed by atoms with E-state index in [0.717, 1.165) is 149 Å². The summed E-state index contributed by atoms with van der Waals surface area (Å²) in [7, 11) is 0. The van der Waals surface area contributed by atoms with Crippen molar-refractivity contribution in [2.24, 2.45) is 11.8 Å². The van der Waals surface area contributed by atoms with Crippen LogP contribution in [0.1, 0.15) is 213 Å². The number of piperidine rings is 2. The number of aromatic nitrogens is 12. The van der Waals surface area contributed by atoms with Crippen LogP contribution in [-0.2, 0) is 26.2 Å². The van der Waals surface area contributed by atoms with Crippen LogP contribution in [0.2, 0.25) is 40.2 Å². The fourth-order valence-electron chi connectivity index (χ4n) is 18.7. The van der Waals surface area contributed by atoms with Crippen molar-refractivity contribution in [1.82, 2.24) is 75.4 Å². The maximum absolute atomic E-state index is 6.31. The molecule has 3 fully saturated rings. The molecular weight excluding hydrogens is 1980 g/mol. The monoisotopic (exact) mass is 2090 g/mol. The second-order valence-corrected chi connectivity index (χ2v) is 40.5. The van der Waals surface area contributed by atoms with E-state index >= 15 is 0 Å². The van der Waals surface area contributed by atoms with Gasteiger partial charge in [0.15, 0.2) is 0 Å². The number of nitrogens with zero attached hydrogens (tertiary/aromatic N) is 11. The van der Waals surface area contributed by atoms with E-state index in [9.17, 15) is 0 Å². The highest BCUT2D eigenvalue weighted by molar-refractivity contribution is 6.37. The molecule has 11 heterocycles. The zero-order valence-corrected chi connectivity index (χ0v) is 87.8. The minimum Gasteiger partial charge on any atom is -0.486 e. The van der Waals surface area contributed by atoms with Crippen molar-refractivity contribution in [3.05, 3.63) is 379 Å². The number of aromatic amines is 4. The predicted octanol–water partition coefficient (Wildman–Crippen LogP) is 32.1. The zero-order chi connectivity index (χ0) is 101. The lowest BCUT2D eigenvalue weighted by atomic mass is 9.95. The third kappa shape index (κ3) is 28.3. The molecule has 0 bridgehead atoms. The smallest absolute Gasteiger partial charge is 0.124 e. The van der Waals surface area contributed by atoms with Crippen LogP contribution in [0.4, 0.5) is 5.69 Å². The summed E-state index contributed by atoms with van der Waals surface area (Å²) in [5.74, 6) is 4.49. The number of H-pyrrole nitrogens is 4. The first-order valence-electron chi connectivity index (χ1n) is 49.4. The van der Waals surface area contributed by atoms with Crippen LogP contribution >= 0.6 is 92.8 Å². The highest BCUT2D eigenvalue weighted by Gasteiger charge is 2.25. The summed E-state index contributed by atoms with van der Waals surface area (Å²) in [6.07, 6.45) is 39.7. The molecule has 28 heteroatoms. The van der Waals surface area contributed by atoms with Crippen LogP contribution in [0.3, 0.4) is 0 Å². The van der Waals surface area contributed by atoms with Gasteiger partial charge in [0.25, 0.3) is 0 Å². The van der Waals surface area contributed by atoms with E-state index in [1.165, 1.54) is 119 Å². The predicted molar refractivity (Wildman–Crippen MR) is 599 cm³/mol. The highest BCUT2D eigenvalue weighted by Crippen LogP contribution is 2.41. The lowest BCUT2D eigenvalue weighted by molar-refractivity contribution is 0.165. The van der Waals surface area contributed by atoms with Crippen molar-refractivity contribution >= 4 is 191 Å². The molecule has 744 valence electrons. The Morgan fingerprint density at radius 2 is 0.621 bits per heavy atom. The number of hydrogen-bond acceptors (Lipinski definition) is 16. The van der Waals surface area contributed by atoms with E-state index in [1.807, 2.05) is 143 Å². The molecule has 3 aliphatic heterocycles. The fourth-order valence-corrected chi connectivity index (χ4v) is 21.4. The molecule has 20 nitrogen and oxygen atoms in total. The highest BCUT2D eigenvalue weighted by atomic mass is 35.5. The number of rotatable bonds is 30. The number of pyridine rings is 4. The topological polar surface area (TPSA) is 225 Å². The third-order valence-corrected chi connectivity index (χ3v) is 28.9. The average Bonchev–Trinajstić information content (AvgIpc) is 1.71. The summed E-state index contributed by atoms with van der Waals surface area (Å²) in [5, 5.41) is 41.6. The Hall–Kier alpha value is -12.4. The molecule has 0 amide bonds. The maximum Gasteiger partial charge on any atom is 0.124 e.